The summed E-state index contributed by atoms with van der Waals surface area (Å²) in [6.45, 7) is 9.94. The molecule has 1 aromatic carbocycles. The second-order valence-corrected chi connectivity index (χ2v) is 6.58. The van der Waals surface area contributed by atoms with E-state index in [0.29, 0.717) is 12.3 Å². The molecule has 0 saturated carbocycles. The van der Waals surface area contributed by atoms with Crippen molar-refractivity contribution in [1.82, 2.24) is 5.32 Å². The second-order valence-electron chi connectivity index (χ2n) is 6.58. The molecule has 1 heterocycles. The summed E-state index contributed by atoms with van der Waals surface area (Å²) in [7, 11) is 0. The molecule has 2 rings (SSSR count). The SMILES string of the molecule is Cc1ccc(C2C(=O)NC(C)(CC(C)C)C2=O)c(C)c1. The number of benzene rings is 1. The molecule has 3 nitrogen and oxygen atoms in total. The van der Waals surface area contributed by atoms with E-state index in [9.17, 15) is 9.59 Å². The van der Waals surface area contributed by atoms with Gasteiger partial charge in [-0.25, -0.2) is 0 Å². The zero-order valence-electron chi connectivity index (χ0n) is 12.9. The largest absolute Gasteiger partial charge is 0.343 e. The molecule has 2 unspecified atom stereocenters. The van der Waals surface area contributed by atoms with Gasteiger partial charge in [-0.2, -0.15) is 0 Å². The molecule has 0 aliphatic carbocycles. The number of Topliss-reactive ketones (excluding diaryl/α,β-unsaturated/α-hetero) is 1. The van der Waals surface area contributed by atoms with Crippen molar-refractivity contribution in [3.05, 3.63) is 34.9 Å². The molecule has 0 bridgehead atoms. The van der Waals surface area contributed by atoms with Crippen molar-refractivity contribution in [2.75, 3.05) is 0 Å². The lowest BCUT2D eigenvalue weighted by Crippen LogP contribution is -2.44. The van der Waals surface area contributed by atoms with Crippen LogP contribution >= 0.6 is 0 Å². The van der Waals surface area contributed by atoms with Crippen LogP contribution in [0.25, 0.3) is 0 Å². The minimum absolute atomic E-state index is 0.00292. The van der Waals surface area contributed by atoms with Crippen molar-refractivity contribution in [2.24, 2.45) is 5.92 Å². The Morgan fingerprint density at radius 3 is 2.45 bits per heavy atom. The van der Waals surface area contributed by atoms with Crippen molar-refractivity contribution < 1.29 is 9.59 Å². The zero-order valence-corrected chi connectivity index (χ0v) is 12.9. The zero-order chi connectivity index (χ0) is 15.1. The average molecular weight is 273 g/mol. The number of rotatable bonds is 3. The summed E-state index contributed by atoms with van der Waals surface area (Å²) in [4.78, 5) is 25.0. The Morgan fingerprint density at radius 1 is 1.25 bits per heavy atom. The van der Waals surface area contributed by atoms with Gasteiger partial charge >= 0.3 is 0 Å². The third-order valence-corrected chi connectivity index (χ3v) is 4.02. The van der Waals surface area contributed by atoms with E-state index in [2.05, 4.69) is 19.2 Å². The molecule has 1 aliphatic rings. The molecule has 2 atom stereocenters. The van der Waals surface area contributed by atoms with E-state index in [4.69, 9.17) is 0 Å². The molecule has 0 radical (unpaired) electrons. The lowest BCUT2D eigenvalue weighted by molar-refractivity contribution is -0.125. The van der Waals surface area contributed by atoms with Crippen LogP contribution < -0.4 is 5.32 Å². The van der Waals surface area contributed by atoms with Crippen LogP contribution in [0.2, 0.25) is 0 Å². The summed E-state index contributed by atoms with van der Waals surface area (Å²) in [6, 6.07) is 5.89. The normalized spacial score (nSPS) is 26.2. The molecule has 3 heteroatoms. The summed E-state index contributed by atoms with van der Waals surface area (Å²) >= 11 is 0. The van der Waals surface area contributed by atoms with Gasteiger partial charge < -0.3 is 5.32 Å². The number of ketones is 1. The Bertz CT molecular complexity index is 562. The van der Waals surface area contributed by atoms with Gasteiger partial charge in [0.2, 0.25) is 5.91 Å². The number of amides is 1. The molecule has 20 heavy (non-hydrogen) atoms. The summed E-state index contributed by atoms with van der Waals surface area (Å²) in [5, 5.41) is 2.91. The monoisotopic (exact) mass is 273 g/mol. The first kappa shape index (κ1) is 14.8. The Labute approximate surface area is 120 Å². The molecule has 0 aromatic heterocycles. The van der Waals surface area contributed by atoms with Gasteiger partial charge in [-0.15, -0.1) is 0 Å². The van der Waals surface area contributed by atoms with E-state index in [-0.39, 0.29) is 11.7 Å². The fourth-order valence-corrected chi connectivity index (χ4v) is 3.24. The maximum Gasteiger partial charge on any atom is 0.235 e. The second kappa shape index (κ2) is 5.04. The quantitative estimate of drug-likeness (QED) is 0.861. The van der Waals surface area contributed by atoms with Gasteiger partial charge in [0, 0.05) is 0 Å². The molecule has 1 aromatic rings. The van der Waals surface area contributed by atoms with Crippen molar-refractivity contribution in [2.45, 2.75) is 52.5 Å². The third kappa shape index (κ3) is 2.49. The van der Waals surface area contributed by atoms with Gasteiger partial charge in [0.05, 0.1) is 5.54 Å². The molecular formula is C17H23NO2. The standard InChI is InChI=1S/C17H23NO2/c1-10(2)9-17(5)15(19)14(16(20)18-17)13-7-6-11(3)8-12(13)4/h6-8,10,14H,9H2,1-5H3,(H,18,20). The van der Waals surface area contributed by atoms with Crippen LogP contribution in [0.5, 0.6) is 0 Å². The van der Waals surface area contributed by atoms with Crippen LogP contribution in [-0.2, 0) is 9.59 Å². The third-order valence-electron chi connectivity index (χ3n) is 4.02. The molecule has 1 amide bonds. The van der Waals surface area contributed by atoms with Crippen LogP contribution in [-0.4, -0.2) is 17.2 Å². The predicted molar refractivity (Wildman–Crippen MR) is 79.7 cm³/mol. The summed E-state index contributed by atoms with van der Waals surface area (Å²) in [5.41, 5.74) is 2.26. The van der Waals surface area contributed by atoms with Gasteiger partial charge in [-0.05, 0) is 44.2 Å². The molecule has 1 fully saturated rings. The Morgan fingerprint density at radius 2 is 1.90 bits per heavy atom. The fourth-order valence-electron chi connectivity index (χ4n) is 3.24. The molecular weight excluding hydrogens is 250 g/mol. The van der Waals surface area contributed by atoms with Crippen molar-refractivity contribution >= 4 is 11.7 Å². The lowest BCUT2D eigenvalue weighted by Gasteiger charge is -2.24. The van der Waals surface area contributed by atoms with Crippen LogP contribution in [0.3, 0.4) is 0 Å². The Kier molecular flexibility index (Phi) is 3.72. The maximum absolute atomic E-state index is 12.7. The highest BCUT2D eigenvalue weighted by molar-refractivity contribution is 6.17. The summed E-state index contributed by atoms with van der Waals surface area (Å²) in [5.74, 6) is -0.449. The van der Waals surface area contributed by atoms with Crippen LogP contribution in [0.4, 0.5) is 0 Å². The van der Waals surface area contributed by atoms with E-state index < -0.39 is 11.5 Å². The summed E-state index contributed by atoms with van der Waals surface area (Å²) < 4.78 is 0. The molecule has 0 spiro atoms. The highest BCUT2D eigenvalue weighted by Crippen LogP contribution is 2.34. The smallest absolute Gasteiger partial charge is 0.235 e. The van der Waals surface area contributed by atoms with E-state index in [1.54, 1.807) is 0 Å². The fraction of sp³-hybridized carbons (Fsp3) is 0.529. The first-order chi connectivity index (χ1) is 9.24. The maximum atomic E-state index is 12.7. The number of aryl methyl sites for hydroxylation is 2. The van der Waals surface area contributed by atoms with Crippen LogP contribution in [0.1, 0.15) is 49.8 Å². The predicted octanol–water partition coefficient (Wildman–Crippen LogP) is 2.89. The van der Waals surface area contributed by atoms with Crippen molar-refractivity contribution in [3.63, 3.8) is 0 Å². The minimum Gasteiger partial charge on any atom is -0.343 e. The number of nitrogens with one attached hydrogen (secondary N) is 1. The first-order valence-electron chi connectivity index (χ1n) is 7.18. The highest BCUT2D eigenvalue weighted by Gasteiger charge is 2.50. The van der Waals surface area contributed by atoms with Crippen molar-refractivity contribution in [1.29, 1.82) is 0 Å². The van der Waals surface area contributed by atoms with E-state index in [1.807, 2.05) is 39.0 Å². The molecule has 1 aliphatic heterocycles. The number of hydrogen-bond donors (Lipinski definition) is 1. The van der Waals surface area contributed by atoms with E-state index in [0.717, 1.165) is 16.7 Å². The van der Waals surface area contributed by atoms with E-state index in [1.165, 1.54) is 0 Å². The van der Waals surface area contributed by atoms with Crippen LogP contribution in [0.15, 0.2) is 18.2 Å². The number of carbonyl (C=O) groups excluding carboxylic acids is 2. The highest BCUT2D eigenvalue weighted by atomic mass is 16.2. The average Bonchev–Trinajstić information content (AvgIpc) is 2.50. The first-order valence-corrected chi connectivity index (χ1v) is 7.18. The lowest BCUT2D eigenvalue weighted by atomic mass is 9.82. The molecule has 1 N–H and O–H groups in total. The molecule has 108 valence electrons. The van der Waals surface area contributed by atoms with Crippen LogP contribution in [0, 0.1) is 19.8 Å². The van der Waals surface area contributed by atoms with Crippen molar-refractivity contribution in [3.8, 4) is 0 Å². The number of carbonyl (C=O) groups is 2. The Hall–Kier alpha value is -1.64. The Balaban J connectivity index is 2.38. The van der Waals surface area contributed by atoms with Gasteiger partial charge in [-0.1, -0.05) is 37.6 Å². The van der Waals surface area contributed by atoms with Gasteiger partial charge in [0.1, 0.15) is 5.92 Å². The summed E-state index contributed by atoms with van der Waals surface area (Å²) in [6.07, 6.45) is 0.680. The number of hydrogen-bond acceptors (Lipinski definition) is 2. The minimum atomic E-state index is -0.729. The van der Waals surface area contributed by atoms with Gasteiger partial charge in [-0.3, -0.25) is 9.59 Å². The van der Waals surface area contributed by atoms with E-state index >= 15 is 0 Å². The van der Waals surface area contributed by atoms with Gasteiger partial charge in [0.15, 0.2) is 5.78 Å². The topological polar surface area (TPSA) is 46.2 Å². The van der Waals surface area contributed by atoms with Gasteiger partial charge in [0.25, 0.3) is 0 Å². The molecule has 1 saturated heterocycles.